The molecule has 0 aromatic heterocycles. The maximum Gasteiger partial charge on any atom is 0.124 e. The van der Waals surface area contributed by atoms with Crippen molar-refractivity contribution in [1.82, 2.24) is 4.72 Å². The predicted molar refractivity (Wildman–Crippen MR) is 63.0 cm³/mol. The van der Waals surface area contributed by atoms with Gasteiger partial charge in [0.15, 0.2) is 0 Å². The monoisotopic (exact) mass is 226 g/mol. The SMILES string of the molecule is CCC(C)NS(=O)C1=CC2CC2C(N)=C1. The zero-order chi connectivity index (χ0) is 11.0. The molecule has 0 radical (unpaired) electrons. The van der Waals surface area contributed by atoms with Crippen LogP contribution in [0.15, 0.2) is 22.8 Å². The molecule has 2 aliphatic rings. The van der Waals surface area contributed by atoms with Gasteiger partial charge >= 0.3 is 0 Å². The van der Waals surface area contributed by atoms with Gasteiger partial charge in [-0.15, -0.1) is 0 Å². The maximum atomic E-state index is 11.9. The first kappa shape index (κ1) is 10.9. The molecule has 1 saturated carbocycles. The third-order valence-corrected chi connectivity index (χ3v) is 4.39. The molecule has 15 heavy (non-hydrogen) atoms. The average Bonchev–Trinajstić information content (AvgIpc) is 2.96. The Morgan fingerprint density at radius 3 is 3.07 bits per heavy atom. The molecule has 2 aliphatic carbocycles. The number of nitrogens with one attached hydrogen (secondary N) is 1. The summed E-state index contributed by atoms with van der Waals surface area (Å²) >= 11 is 0. The molecule has 0 bridgehead atoms. The lowest BCUT2D eigenvalue weighted by atomic mass is 10.1. The molecule has 0 aromatic rings. The van der Waals surface area contributed by atoms with Crippen molar-refractivity contribution in [2.24, 2.45) is 17.6 Å². The quantitative estimate of drug-likeness (QED) is 0.761. The highest BCUT2D eigenvalue weighted by atomic mass is 32.2. The van der Waals surface area contributed by atoms with Gasteiger partial charge in [-0.05, 0) is 31.8 Å². The van der Waals surface area contributed by atoms with Crippen LogP contribution < -0.4 is 10.5 Å². The van der Waals surface area contributed by atoms with E-state index >= 15 is 0 Å². The lowest BCUT2D eigenvalue weighted by Gasteiger charge is -2.14. The molecule has 1 fully saturated rings. The first-order chi connectivity index (χ1) is 7.11. The summed E-state index contributed by atoms with van der Waals surface area (Å²) in [5.41, 5.74) is 6.77. The highest BCUT2D eigenvalue weighted by Crippen LogP contribution is 2.47. The molecule has 0 saturated heterocycles. The molecule has 0 aliphatic heterocycles. The largest absolute Gasteiger partial charge is 0.402 e. The summed E-state index contributed by atoms with van der Waals surface area (Å²) in [6.45, 7) is 4.11. The van der Waals surface area contributed by atoms with Crippen molar-refractivity contribution in [3.63, 3.8) is 0 Å². The second-order valence-electron chi connectivity index (χ2n) is 4.42. The minimum absolute atomic E-state index is 0.276. The molecular formula is C11H18N2OS. The fraction of sp³-hybridized carbons (Fsp3) is 0.636. The van der Waals surface area contributed by atoms with Gasteiger partial charge in [0.2, 0.25) is 0 Å². The fourth-order valence-electron chi connectivity index (χ4n) is 1.76. The molecule has 3 N–H and O–H groups in total. The zero-order valence-corrected chi connectivity index (χ0v) is 10.0. The molecule has 84 valence electrons. The van der Waals surface area contributed by atoms with E-state index in [1.54, 1.807) is 0 Å². The van der Waals surface area contributed by atoms with E-state index in [4.69, 9.17) is 5.73 Å². The summed E-state index contributed by atoms with van der Waals surface area (Å²) in [5.74, 6) is 1.09. The van der Waals surface area contributed by atoms with E-state index in [9.17, 15) is 4.21 Å². The van der Waals surface area contributed by atoms with Crippen molar-refractivity contribution in [2.75, 3.05) is 0 Å². The smallest absolute Gasteiger partial charge is 0.124 e. The van der Waals surface area contributed by atoms with Crippen molar-refractivity contribution < 1.29 is 4.21 Å². The van der Waals surface area contributed by atoms with E-state index in [-0.39, 0.29) is 6.04 Å². The van der Waals surface area contributed by atoms with E-state index in [1.807, 2.05) is 13.0 Å². The molecular weight excluding hydrogens is 208 g/mol. The van der Waals surface area contributed by atoms with Gasteiger partial charge in [0.25, 0.3) is 0 Å². The molecule has 4 unspecified atom stereocenters. The van der Waals surface area contributed by atoms with Gasteiger partial charge in [-0.2, -0.15) is 0 Å². The third kappa shape index (κ3) is 2.32. The lowest BCUT2D eigenvalue weighted by Crippen LogP contribution is -2.28. The van der Waals surface area contributed by atoms with Crippen LogP contribution in [0.25, 0.3) is 0 Å². The topological polar surface area (TPSA) is 55.1 Å². The predicted octanol–water partition coefficient (Wildman–Crippen LogP) is 1.41. The Labute approximate surface area is 93.4 Å². The summed E-state index contributed by atoms with van der Waals surface area (Å²) in [4.78, 5) is 0.853. The molecule has 2 rings (SSSR count). The Kier molecular flexibility index (Phi) is 2.98. The summed E-state index contributed by atoms with van der Waals surface area (Å²) < 4.78 is 15.0. The van der Waals surface area contributed by atoms with Gasteiger partial charge in [0, 0.05) is 17.7 Å². The van der Waals surface area contributed by atoms with E-state index in [0.717, 1.165) is 23.4 Å². The first-order valence-corrected chi connectivity index (χ1v) is 6.63. The van der Waals surface area contributed by atoms with Crippen LogP contribution in [0.4, 0.5) is 0 Å². The van der Waals surface area contributed by atoms with Crippen LogP contribution in [0.5, 0.6) is 0 Å². The second kappa shape index (κ2) is 4.10. The molecule has 4 heteroatoms. The highest BCUT2D eigenvalue weighted by Gasteiger charge is 2.40. The summed E-state index contributed by atoms with van der Waals surface area (Å²) in [6, 6.07) is 0.276. The van der Waals surface area contributed by atoms with Gasteiger partial charge in [0.1, 0.15) is 11.0 Å². The van der Waals surface area contributed by atoms with Crippen molar-refractivity contribution >= 4 is 11.0 Å². The van der Waals surface area contributed by atoms with Crippen LogP contribution in [0.1, 0.15) is 26.7 Å². The van der Waals surface area contributed by atoms with Gasteiger partial charge in [-0.1, -0.05) is 13.0 Å². The van der Waals surface area contributed by atoms with Crippen LogP contribution >= 0.6 is 0 Å². The van der Waals surface area contributed by atoms with Crippen molar-refractivity contribution in [3.8, 4) is 0 Å². The molecule has 3 nitrogen and oxygen atoms in total. The number of allylic oxidation sites excluding steroid dienone is 3. The Bertz CT molecular complexity index is 348. The first-order valence-electron chi connectivity index (χ1n) is 5.48. The lowest BCUT2D eigenvalue weighted by molar-refractivity contribution is 0.628. The minimum Gasteiger partial charge on any atom is -0.402 e. The van der Waals surface area contributed by atoms with Gasteiger partial charge in [-0.3, -0.25) is 0 Å². The highest BCUT2D eigenvalue weighted by molar-refractivity contribution is 7.87. The van der Waals surface area contributed by atoms with Crippen LogP contribution in [0.2, 0.25) is 0 Å². The van der Waals surface area contributed by atoms with Gasteiger partial charge in [-0.25, -0.2) is 8.93 Å². The number of hydrogen-bond donors (Lipinski definition) is 2. The molecule has 0 aromatic carbocycles. The van der Waals surface area contributed by atoms with E-state index in [1.165, 1.54) is 0 Å². The Balaban J connectivity index is 2.02. The van der Waals surface area contributed by atoms with Crippen molar-refractivity contribution in [3.05, 3.63) is 22.8 Å². The zero-order valence-electron chi connectivity index (χ0n) is 9.19. The fourth-order valence-corrected chi connectivity index (χ4v) is 2.97. The standard InChI is InChI=1S/C11H18N2OS/c1-3-7(2)13-15(14)9-4-8-5-10(8)11(12)6-9/h4,6-8,10,13H,3,5,12H2,1-2H3. The van der Waals surface area contributed by atoms with E-state index in [0.29, 0.717) is 11.8 Å². The van der Waals surface area contributed by atoms with Gasteiger partial charge in [0.05, 0.1) is 4.91 Å². The Morgan fingerprint density at radius 1 is 1.73 bits per heavy atom. The Morgan fingerprint density at radius 2 is 2.47 bits per heavy atom. The molecule has 0 heterocycles. The maximum absolute atomic E-state index is 11.9. The third-order valence-electron chi connectivity index (χ3n) is 3.09. The van der Waals surface area contributed by atoms with Crippen LogP contribution in [0, 0.1) is 11.8 Å². The number of nitrogens with two attached hydrogens (primary N) is 1. The van der Waals surface area contributed by atoms with Crippen molar-refractivity contribution in [2.45, 2.75) is 32.7 Å². The number of rotatable bonds is 4. The number of hydrogen-bond acceptors (Lipinski definition) is 2. The van der Waals surface area contributed by atoms with Crippen LogP contribution in [-0.2, 0) is 11.0 Å². The van der Waals surface area contributed by atoms with E-state index in [2.05, 4.69) is 17.7 Å². The summed E-state index contributed by atoms with van der Waals surface area (Å²) in [6.07, 6.45) is 6.09. The second-order valence-corrected chi connectivity index (χ2v) is 5.66. The molecule has 0 spiro atoms. The summed E-state index contributed by atoms with van der Waals surface area (Å²) in [5, 5.41) is 0. The number of fused-ring (bicyclic) bond motifs is 1. The molecule has 0 amide bonds. The Hall–Kier alpha value is -0.610. The average molecular weight is 226 g/mol. The van der Waals surface area contributed by atoms with E-state index < -0.39 is 11.0 Å². The van der Waals surface area contributed by atoms with Crippen LogP contribution in [0.3, 0.4) is 0 Å². The summed E-state index contributed by atoms with van der Waals surface area (Å²) in [7, 11) is -1.10. The normalized spacial score (nSPS) is 32.4. The minimum atomic E-state index is -1.10. The molecule has 4 atom stereocenters. The van der Waals surface area contributed by atoms with Gasteiger partial charge < -0.3 is 5.73 Å². The van der Waals surface area contributed by atoms with Crippen LogP contribution in [-0.4, -0.2) is 10.3 Å². The van der Waals surface area contributed by atoms with Crippen molar-refractivity contribution in [1.29, 1.82) is 0 Å².